The Balaban J connectivity index is 2.95. The second kappa shape index (κ2) is 3.20. The first-order valence-corrected chi connectivity index (χ1v) is 5.40. The Labute approximate surface area is 86.9 Å². The number of hydrogen-bond donors (Lipinski definition) is 0. The lowest BCUT2D eigenvalue weighted by atomic mass is 10.2. The van der Waals surface area contributed by atoms with Crippen molar-refractivity contribution in [3.8, 4) is 0 Å². The van der Waals surface area contributed by atoms with E-state index in [1.807, 2.05) is 0 Å². The lowest BCUT2D eigenvalue weighted by molar-refractivity contribution is 1.51. The highest BCUT2D eigenvalue weighted by atomic mass is 32.1. The molecule has 0 fully saturated rings. The van der Waals surface area contributed by atoms with E-state index in [0.717, 1.165) is 4.51 Å². The zero-order chi connectivity index (χ0) is 9.42. The van der Waals surface area contributed by atoms with E-state index in [0.29, 0.717) is 0 Å². The van der Waals surface area contributed by atoms with Gasteiger partial charge in [-0.15, -0.1) is 11.3 Å². The van der Waals surface area contributed by atoms with Crippen molar-refractivity contribution in [1.29, 1.82) is 0 Å². The van der Waals surface area contributed by atoms with Crippen molar-refractivity contribution in [3.05, 3.63) is 39.2 Å². The molecule has 13 heavy (non-hydrogen) atoms. The van der Waals surface area contributed by atoms with Crippen molar-refractivity contribution in [2.45, 2.75) is 13.8 Å². The zero-order valence-corrected chi connectivity index (χ0v) is 9.26. The summed E-state index contributed by atoms with van der Waals surface area (Å²) in [5, 5.41) is 1.21. The topological polar surface area (TPSA) is 0 Å². The van der Waals surface area contributed by atoms with Gasteiger partial charge in [-0.3, -0.25) is 0 Å². The van der Waals surface area contributed by atoms with Crippen LogP contribution in [0.2, 0.25) is 0 Å². The first-order chi connectivity index (χ1) is 6.16. The van der Waals surface area contributed by atoms with Crippen molar-refractivity contribution < 1.29 is 0 Å². The van der Waals surface area contributed by atoms with Gasteiger partial charge in [-0.1, -0.05) is 23.8 Å². The molecular formula is C11H10S2. The Morgan fingerprint density at radius 2 is 1.92 bits per heavy atom. The van der Waals surface area contributed by atoms with E-state index in [1.165, 1.54) is 20.5 Å². The summed E-state index contributed by atoms with van der Waals surface area (Å²) < 4.78 is 2.26. The Bertz CT molecular complexity index is 509. The molecule has 0 bridgehead atoms. The molecule has 0 saturated carbocycles. The van der Waals surface area contributed by atoms with Crippen molar-refractivity contribution in [1.82, 2.24) is 0 Å². The van der Waals surface area contributed by atoms with Gasteiger partial charge in [0.25, 0.3) is 0 Å². The van der Waals surface area contributed by atoms with Crippen molar-refractivity contribution in [3.63, 3.8) is 0 Å². The lowest BCUT2D eigenvalue weighted by Crippen LogP contribution is -1.76. The molecule has 0 atom stereocenters. The number of aryl methyl sites for hydroxylation is 2. The van der Waals surface area contributed by atoms with Crippen LogP contribution in [0.4, 0.5) is 0 Å². The third kappa shape index (κ3) is 1.64. The molecule has 0 aliphatic carbocycles. The molecule has 0 N–H and O–H groups in total. The van der Waals surface area contributed by atoms with Crippen LogP contribution >= 0.6 is 23.6 Å². The van der Waals surface area contributed by atoms with Gasteiger partial charge in [0, 0.05) is 19.5 Å². The Hall–Kier alpha value is -0.730. The zero-order valence-electron chi connectivity index (χ0n) is 7.63. The summed E-state index contributed by atoms with van der Waals surface area (Å²) in [4.78, 5) is 1.28. The molecule has 0 amide bonds. The van der Waals surface area contributed by atoms with Crippen LogP contribution in [-0.2, 0) is 0 Å². The highest BCUT2D eigenvalue weighted by Gasteiger charge is 1.97. The summed E-state index contributed by atoms with van der Waals surface area (Å²) in [5.74, 6) is 0. The maximum absolute atomic E-state index is 5.31. The molecule has 2 heteroatoms. The molecule has 2 rings (SSSR count). The van der Waals surface area contributed by atoms with Crippen molar-refractivity contribution >= 4 is 33.6 Å². The summed E-state index contributed by atoms with van der Waals surface area (Å²) >= 11 is 7.11. The second-order valence-corrected chi connectivity index (χ2v) is 4.95. The summed E-state index contributed by atoms with van der Waals surface area (Å²) in [6, 6.07) is 8.51. The fourth-order valence-corrected chi connectivity index (χ4v) is 2.81. The second-order valence-electron chi connectivity index (χ2n) is 3.22. The lowest BCUT2D eigenvalue weighted by Gasteiger charge is -1.99. The highest BCUT2D eigenvalue weighted by Crippen LogP contribution is 2.24. The normalized spacial score (nSPS) is 10.6. The van der Waals surface area contributed by atoms with Gasteiger partial charge in [0.1, 0.15) is 0 Å². The van der Waals surface area contributed by atoms with E-state index in [1.54, 1.807) is 11.3 Å². The van der Waals surface area contributed by atoms with Gasteiger partial charge in [0.2, 0.25) is 0 Å². The minimum Gasteiger partial charge on any atom is -0.141 e. The fourth-order valence-electron chi connectivity index (χ4n) is 1.39. The number of benzene rings is 1. The Kier molecular flexibility index (Phi) is 2.18. The summed E-state index contributed by atoms with van der Waals surface area (Å²) in [5.41, 5.74) is 1.27. The van der Waals surface area contributed by atoms with E-state index in [2.05, 4.69) is 38.1 Å². The van der Waals surface area contributed by atoms with E-state index in [-0.39, 0.29) is 0 Å². The average Bonchev–Trinajstić information content (AvgIpc) is 2.06. The van der Waals surface area contributed by atoms with Crippen LogP contribution in [0, 0.1) is 18.4 Å². The smallest absolute Gasteiger partial charge is 0.0474 e. The summed E-state index contributed by atoms with van der Waals surface area (Å²) in [7, 11) is 0. The van der Waals surface area contributed by atoms with Gasteiger partial charge in [-0.2, -0.15) is 0 Å². The maximum Gasteiger partial charge on any atom is 0.0474 e. The molecule has 0 nitrogen and oxygen atoms in total. The predicted molar refractivity (Wildman–Crippen MR) is 62.1 cm³/mol. The van der Waals surface area contributed by atoms with Crippen LogP contribution in [0.25, 0.3) is 10.1 Å². The molecule has 0 unspecified atom stereocenters. The van der Waals surface area contributed by atoms with Gasteiger partial charge >= 0.3 is 0 Å². The minimum atomic E-state index is 0.968. The largest absolute Gasteiger partial charge is 0.141 e. The van der Waals surface area contributed by atoms with Gasteiger partial charge in [0.05, 0.1) is 0 Å². The molecular weight excluding hydrogens is 196 g/mol. The van der Waals surface area contributed by atoms with E-state index >= 15 is 0 Å². The SMILES string of the molecule is Cc1ccc2sc(C)cc(=S)c2c1. The molecule has 0 aliphatic rings. The van der Waals surface area contributed by atoms with E-state index in [9.17, 15) is 0 Å². The molecule has 1 aromatic carbocycles. The first kappa shape index (κ1) is 8.85. The molecule has 0 saturated heterocycles. The standard InChI is InChI=1S/C11H10S2/c1-7-3-4-11-9(5-7)10(12)6-8(2)13-11/h3-6H,1-2H3. The Morgan fingerprint density at radius 3 is 2.69 bits per heavy atom. The van der Waals surface area contributed by atoms with Gasteiger partial charge in [0.15, 0.2) is 0 Å². The number of rotatable bonds is 0. The van der Waals surface area contributed by atoms with Gasteiger partial charge in [-0.05, 0) is 32.0 Å². The van der Waals surface area contributed by atoms with E-state index in [4.69, 9.17) is 12.2 Å². The number of fused-ring (bicyclic) bond motifs is 1. The highest BCUT2D eigenvalue weighted by molar-refractivity contribution is 7.71. The predicted octanol–water partition coefficient (Wildman–Crippen LogP) is 4.25. The third-order valence-corrected chi connectivity index (χ3v) is 3.36. The number of hydrogen-bond acceptors (Lipinski definition) is 2. The monoisotopic (exact) mass is 206 g/mol. The van der Waals surface area contributed by atoms with Crippen LogP contribution in [0.1, 0.15) is 10.4 Å². The average molecular weight is 206 g/mol. The first-order valence-electron chi connectivity index (χ1n) is 4.18. The third-order valence-electron chi connectivity index (χ3n) is 2.01. The van der Waals surface area contributed by atoms with Crippen LogP contribution in [0.15, 0.2) is 24.3 Å². The Morgan fingerprint density at radius 1 is 1.15 bits per heavy atom. The summed E-state index contributed by atoms with van der Waals surface area (Å²) in [6.45, 7) is 4.19. The molecule has 0 radical (unpaired) electrons. The van der Waals surface area contributed by atoms with Crippen molar-refractivity contribution in [2.75, 3.05) is 0 Å². The minimum absolute atomic E-state index is 0.968. The van der Waals surface area contributed by atoms with Crippen molar-refractivity contribution in [2.24, 2.45) is 0 Å². The molecule has 2 aromatic rings. The fraction of sp³-hybridized carbons (Fsp3) is 0.182. The quantitative estimate of drug-likeness (QED) is 0.581. The van der Waals surface area contributed by atoms with Gasteiger partial charge in [-0.25, -0.2) is 0 Å². The van der Waals surface area contributed by atoms with Crippen LogP contribution in [-0.4, -0.2) is 0 Å². The molecule has 0 spiro atoms. The maximum atomic E-state index is 5.31. The van der Waals surface area contributed by atoms with Crippen LogP contribution in [0.5, 0.6) is 0 Å². The van der Waals surface area contributed by atoms with Crippen LogP contribution in [0.3, 0.4) is 0 Å². The van der Waals surface area contributed by atoms with E-state index < -0.39 is 0 Å². The molecule has 1 aromatic heterocycles. The van der Waals surface area contributed by atoms with Crippen LogP contribution < -0.4 is 0 Å². The molecule has 1 heterocycles. The molecule has 0 aliphatic heterocycles. The van der Waals surface area contributed by atoms with Gasteiger partial charge < -0.3 is 0 Å². The summed E-state index contributed by atoms with van der Waals surface area (Å²) in [6.07, 6.45) is 0. The molecule has 66 valence electrons.